The molecule has 2 aromatic carbocycles. The van der Waals surface area contributed by atoms with Crippen LogP contribution in [0.25, 0.3) is 0 Å². The number of hydrogen-bond donors (Lipinski definition) is 1. The van der Waals surface area contributed by atoms with Gasteiger partial charge < -0.3 is 10.1 Å². The van der Waals surface area contributed by atoms with Gasteiger partial charge in [-0.1, -0.05) is 6.07 Å². The van der Waals surface area contributed by atoms with Crippen molar-refractivity contribution in [3.63, 3.8) is 0 Å². The van der Waals surface area contributed by atoms with Crippen molar-refractivity contribution >= 4 is 27.3 Å². The van der Waals surface area contributed by atoms with Crippen LogP contribution >= 0.6 is 0 Å². The average Bonchev–Trinajstić information content (AvgIpc) is 2.74. The molecule has 1 saturated heterocycles. The lowest BCUT2D eigenvalue weighted by molar-refractivity contribution is -0.384. The Balaban J connectivity index is 1.67. The van der Waals surface area contributed by atoms with Gasteiger partial charge in [-0.2, -0.15) is 4.31 Å². The molecule has 11 heteroatoms. The highest BCUT2D eigenvalue weighted by Gasteiger charge is 2.34. The molecule has 1 N–H and O–H groups in total. The summed E-state index contributed by atoms with van der Waals surface area (Å²) in [5, 5.41) is 13.5. The number of nitro groups is 1. The van der Waals surface area contributed by atoms with Crippen LogP contribution in [0.4, 0.5) is 15.8 Å². The molecule has 3 rings (SSSR count). The van der Waals surface area contributed by atoms with Gasteiger partial charge in [0.15, 0.2) is 0 Å². The van der Waals surface area contributed by atoms with Gasteiger partial charge in [0.25, 0.3) is 5.69 Å². The molecule has 1 aliphatic heterocycles. The summed E-state index contributed by atoms with van der Waals surface area (Å²) in [5.41, 5.74) is 0.159. The SMILES string of the molecule is COc1ccc(F)cc1S(=O)(=O)N1CCC(C(=O)Nc2cccc([N+](=O)[O-])c2)CC1. The maximum atomic E-state index is 13.6. The Labute approximate surface area is 172 Å². The molecule has 1 fully saturated rings. The van der Waals surface area contributed by atoms with Gasteiger partial charge in [0.1, 0.15) is 16.5 Å². The summed E-state index contributed by atoms with van der Waals surface area (Å²) >= 11 is 0. The number of benzene rings is 2. The normalized spacial score (nSPS) is 15.5. The van der Waals surface area contributed by atoms with E-state index in [4.69, 9.17) is 4.74 Å². The van der Waals surface area contributed by atoms with Crippen LogP contribution in [0.15, 0.2) is 47.4 Å². The van der Waals surface area contributed by atoms with E-state index >= 15 is 0 Å². The third-order valence-corrected chi connectivity index (χ3v) is 6.81. The van der Waals surface area contributed by atoms with E-state index in [1.54, 1.807) is 6.07 Å². The van der Waals surface area contributed by atoms with Crippen LogP contribution in [-0.2, 0) is 14.8 Å². The second-order valence-electron chi connectivity index (χ2n) is 6.77. The molecule has 2 aromatic rings. The summed E-state index contributed by atoms with van der Waals surface area (Å²) in [6.07, 6.45) is 0.523. The van der Waals surface area contributed by atoms with Crippen LogP contribution in [0.5, 0.6) is 5.75 Å². The molecule has 1 amide bonds. The monoisotopic (exact) mass is 437 g/mol. The predicted octanol–water partition coefficient (Wildman–Crippen LogP) is 2.78. The van der Waals surface area contributed by atoms with Crippen molar-refractivity contribution in [2.75, 3.05) is 25.5 Å². The Bertz CT molecular complexity index is 1070. The highest BCUT2D eigenvalue weighted by Crippen LogP contribution is 2.30. The number of carbonyl (C=O) groups excluding carboxylic acids is 1. The third kappa shape index (κ3) is 4.57. The van der Waals surface area contributed by atoms with Crippen LogP contribution in [-0.4, -0.2) is 43.8 Å². The maximum absolute atomic E-state index is 13.6. The first-order valence-corrected chi connectivity index (χ1v) is 10.6. The number of non-ortho nitro benzene ring substituents is 1. The molecule has 0 unspecified atom stereocenters. The fourth-order valence-corrected chi connectivity index (χ4v) is 4.93. The van der Waals surface area contributed by atoms with Crippen molar-refractivity contribution in [3.05, 3.63) is 58.4 Å². The van der Waals surface area contributed by atoms with Crippen LogP contribution in [0, 0.1) is 21.8 Å². The molecule has 9 nitrogen and oxygen atoms in total. The van der Waals surface area contributed by atoms with Crippen molar-refractivity contribution < 1.29 is 27.3 Å². The number of hydrogen-bond acceptors (Lipinski definition) is 6. The number of carbonyl (C=O) groups is 1. The number of amides is 1. The van der Waals surface area contributed by atoms with E-state index in [0.717, 1.165) is 12.1 Å². The first-order chi connectivity index (χ1) is 14.2. The number of anilines is 1. The Kier molecular flexibility index (Phi) is 6.32. The molecule has 30 heavy (non-hydrogen) atoms. The fraction of sp³-hybridized carbons (Fsp3) is 0.316. The third-order valence-electron chi connectivity index (χ3n) is 4.89. The van der Waals surface area contributed by atoms with Crippen molar-refractivity contribution in [2.24, 2.45) is 5.92 Å². The highest BCUT2D eigenvalue weighted by atomic mass is 32.2. The van der Waals surface area contributed by atoms with E-state index in [0.29, 0.717) is 5.69 Å². The second-order valence-corrected chi connectivity index (χ2v) is 8.68. The van der Waals surface area contributed by atoms with Gasteiger partial charge in [0, 0.05) is 36.8 Å². The lowest BCUT2D eigenvalue weighted by atomic mass is 9.97. The molecule has 0 saturated carbocycles. The standard InChI is InChI=1S/C19H20FN3O6S/c1-29-17-6-5-14(20)11-18(17)30(27,28)22-9-7-13(8-10-22)19(24)21-15-3-2-4-16(12-15)23(25)26/h2-6,11-13H,7-10H2,1H3,(H,21,24). The maximum Gasteiger partial charge on any atom is 0.271 e. The Hall–Kier alpha value is -3.05. The zero-order valence-electron chi connectivity index (χ0n) is 16.1. The smallest absolute Gasteiger partial charge is 0.271 e. The summed E-state index contributed by atoms with van der Waals surface area (Å²) in [4.78, 5) is 22.5. The zero-order chi connectivity index (χ0) is 21.9. The van der Waals surface area contributed by atoms with Crippen LogP contribution < -0.4 is 10.1 Å². The second kappa shape index (κ2) is 8.76. The summed E-state index contributed by atoms with van der Waals surface area (Å²) < 4.78 is 45.6. The lowest BCUT2D eigenvalue weighted by Gasteiger charge is -2.30. The number of piperidine rings is 1. The molecule has 0 spiro atoms. The Morgan fingerprint density at radius 1 is 1.23 bits per heavy atom. The minimum absolute atomic E-state index is 0.0435. The molecule has 0 radical (unpaired) electrons. The predicted molar refractivity (Wildman–Crippen MR) is 106 cm³/mol. The molecule has 0 atom stereocenters. The van der Waals surface area contributed by atoms with E-state index in [9.17, 15) is 27.7 Å². The van der Waals surface area contributed by atoms with Gasteiger partial charge >= 0.3 is 0 Å². The van der Waals surface area contributed by atoms with Crippen LogP contribution in [0.3, 0.4) is 0 Å². The Morgan fingerprint density at radius 3 is 2.57 bits per heavy atom. The van der Waals surface area contributed by atoms with Crippen molar-refractivity contribution in [3.8, 4) is 5.75 Å². The van der Waals surface area contributed by atoms with Crippen LogP contribution in [0.1, 0.15) is 12.8 Å². The topological polar surface area (TPSA) is 119 Å². The number of nitro benzene ring substituents is 1. The number of sulfonamides is 1. The van der Waals surface area contributed by atoms with Crippen molar-refractivity contribution in [1.29, 1.82) is 0 Å². The first kappa shape index (κ1) is 21.7. The molecular weight excluding hydrogens is 417 g/mol. The largest absolute Gasteiger partial charge is 0.495 e. The number of methoxy groups -OCH3 is 1. The van der Waals surface area contributed by atoms with E-state index in [-0.39, 0.29) is 48.2 Å². The van der Waals surface area contributed by atoms with Gasteiger partial charge in [-0.15, -0.1) is 0 Å². The molecule has 1 aliphatic rings. The average molecular weight is 437 g/mol. The quantitative estimate of drug-likeness (QED) is 0.548. The number of rotatable bonds is 6. The fourth-order valence-electron chi connectivity index (χ4n) is 3.29. The van der Waals surface area contributed by atoms with Gasteiger partial charge in [-0.3, -0.25) is 14.9 Å². The summed E-state index contributed by atoms with van der Waals surface area (Å²) in [7, 11) is -2.69. The minimum atomic E-state index is -3.99. The molecule has 0 bridgehead atoms. The summed E-state index contributed by atoms with van der Waals surface area (Å²) in [6, 6.07) is 8.86. The number of halogens is 1. The van der Waals surface area contributed by atoms with Crippen molar-refractivity contribution in [2.45, 2.75) is 17.7 Å². The minimum Gasteiger partial charge on any atom is -0.495 e. The van der Waals surface area contributed by atoms with Crippen molar-refractivity contribution in [1.82, 2.24) is 4.31 Å². The number of ether oxygens (including phenoxy) is 1. The van der Waals surface area contributed by atoms with E-state index in [1.807, 2.05) is 0 Å². The number of nitrogens with one attached hydrogen (secondary N) is 1. The molecule has 0 aliphatic carbocycles. The van der Waals surface area contributed by atoms with Gasteiger partial charge in [-0.05, 0) is 37.1 Å². The lowest BCUT2D eigenvalue weighted by Crippen LogP contribution is -2.41. The van der Waals surface area contributed by atoms with Gasteiger partial charge in [0.2, 0.25) is 15.9 Å². The zero-order valence-corrected chi connectivity index (χ0v) is 16.9. The first-order valence-electron chi connectivity index (χ1n) is 9.11. The summed E-state index contributed by atoms with van der Waals surface area (Å²) in [6.45, 7) is 0.157. The van der Waals surface area contributed by atoms with E-state index < -0.39 is 26.7 Å². The molecule has 160 valence electrons. The van der Waals surface area contributed by atoms with Crippen LogP contribution in [0.2, 0.25) is 0 Å². The van der Waals surface area contributed by atoms with E-state index in [2.05, 4.69) is 5.32 Å². The molecular formula is C19H20FN3O6S. The number of nitrogens with zero attached hydrogens (tertiary/aromatic N) is 2. The molecule has 1 heterocycles. The van der Waals surface area contributed by atoms with Gasteiger partial charge in [-0.25, -0.2) is 12.8 Å². The molecule has 0 aromatic heterocycles. The Morgan fingerprint density at radius 2 is 1.93 bits per heavy atom. The highest BCUT2D eigenvalue weighted by molar-refractivity contribution is 7.89. The van der Waals surface area contributed by atoms with Gasteiger partial charge in [0.05, 0.1) is 12.0 Å². The van der Waals surface area contributed by atoms with E-state index in [1.165, 1.54) is 35.7 Å². The summed E-state index contributed by atoms with van der Waals surface area (Å²) in [5.74, 6) is -1.44.